The number of likely N-dealkylation sites (tertiary alicyclic amines) is 1. The lowest BCUT2D eigenvalue weighted by molar-refractivity contribution is -0.132. The summed E-state index contributed by atoms with van der Waals surface area (Å²) in [5, 5.41) is 0. The predicted molar refractivity (Wildman–Crippen MR) is 104 cm³/mol. The van der Waals surface area contributed by atoms with Gasteiger partial charge in [-0.15, -0.1) is 0 Å². The number of pyridine rings is 1. The van der Waals surface area contributed by atoms with Crippen LogP contribution >= 0.6 is 0 Å². The van der Waals surface area contributed by atoms with E-state index in [1.54, 1.807) is 17.7 Å². The van der Waals surface area contributed by atoms with E-state index in [9.17, 15) is 9.59 Å². The number of aryl methyl sites for hydroxylation is 2. The van der Waals surface area contributed by atoms with Crippen molar-refractivity contribution in [2.24, 2.45) is 7.05 Å². The maximum atomic E-state index is 12.4. The maximum absolute atomic E-state index is 12.4. The molecule has 4 nitrogen and oxygen atoms in total. The SMILES string of the molecule is Cn1ccc(C2CCN(C(=O)CCCCc3ccccc3)CC2)cc1=O. The molecule has 0 aliphatic carbocycles. The molecule has 0 unspecified atom stereocenters. The van der Waals surface area contributed by atoms with E-state index in [0.717, 1.165) is 50.8 Å². The van der Waals surface area contributed by atoms with Crippen molar-refractivity contribution >= 4 is 5.91 Å². The zero-order valence-corrected chi connectivity index (χ0v) is 15.6. The van der Waals surface area contributed by atoms with E-state index >= 15 is 0 Å². The molecule has 0 atom stereocenters. The summed E-state index contributed by atoms with van der Waals surface area (Å²) >= 11 is 0. The fourth-order valence-electron chi connectivity index (χ4n) is 3.69. The Hall–Kier alpha value is -2.36. The van der Waals surface area contributed by atoms with Gasteiger partial charge in [0.2, 0.25) is 5.91 Å². The van der Waals surface area contributed by atoms with Gasteiger partial charge in [0.1, 0.15) is 0 Å². The first-order valence-corrected chi connectivity index (χ1v) is 9.62. The molecular weight excluding hydrogens is 324 g/mol. The Balaban J connectivity index is 1.40. The molecule has 1 aliphatic rings. The number of benzene rings is 1. The van der Waals surface area contributed by atoms with Crippen LogP contribution in [0.5, 0.6) is 0 Å². The van der Waals surface area contributed by atoms with Crippen molar-refractivity contribution in [3.05, 3.63) is 70.1 Å². The lowest BCUT2D eigenvalue weighted by Gasteiger charge is -2.32. The van der Waals surface area contributed by atoms with Crippen molar-refractivity contribution in [1.29, 1.82) is 0 Å². The minimum absolute atomic E-state index is 0.0411. The van der Waals surface area contributed by atoms with Crippen LogP contribution in [0.25, 0.3) is 0 Å². The zero-order valence-electron chi connectivity index (χ0n) is 15.6. The second-order valence-corrected chi connectivity index (χ2v) is 7.26. The van der Waals surface area contributed by atoms with Gasteiger partial charge < -0.3 is 9.47 Å². The van der Waals surface area contributed by atoms with Crippen LogP contribution in [0.2, 0.25) is 0 Å². The number of aromatic nitrogens is 1. The van der Waals surface area contributed by atoms with E-state index in [-0.39, 0.29) is 11.5 Å². The highest BCUT2D eigenvalue weighted by molar-refractivity contribution is 5.76. The van der Waals surface area contributed by atoms with Crippen LogP contribution in [0.15, 0.2) is 53.5 Å². The number of carbonyl (C=O) groups is 1. The molecule has 0 spiro atoms. The van der Waals surface area contributed by atoms with Crippen molar-refractivity contribution in [3.8, 4) is 0 Å². The molecule has 3 rings (SSSR count). The molecule has 1 fully saturated rings. The molecule has 2 aromatic rings. The van der Waals surface area contributed by atoms with Crippen LogP contribution < -0.4 is 5.56 Å². The third-order valence-electron chi connectivity index (χ3n) is 5.40. The predicted octanol–water partition coefficient (Wildman–Crippen LogP) is 3.50. The molecule has 1 aromatic carbocycles. The van der Waals surface area contributed by atoms with Crippen molar-refractivity contribution in [2.75, 3.05) is 13.1 Å². The number of carbonyl (C=O) groups excluding carboxylic acids is 1. The Kier molecular flexibility index (Phi) is 6.26. The van der Waals surface area contributed by atoms with E-state index in [1.165, 1.54) is 5.56 Å². The molecule has 1 aromatic heterocycles. The molecule has 1 amide bonds. The molecule has 1 saturated heterocycles. The summed E-state index contributed by atoms with van der Waals surface area (Å²) in [5.74, 6) is 0.673. The van der Waals surface area contributed by atoms with Gasteiger partial charge >= 0.3 is 0 Å². The van der Waals surface area contributed by atoms with Gasteiger partial charge in [-0.05, 0) is 55.2 Å². The normalized spacial score (nSPS) is 15.2. The van der Waals surface area contributed by atoms with Gasteiger partial charge in [0, 0.05) is 38.8 Å². The third-order valence-corrected chi connectivity index (χ3v) is 5.40. The Labute approximate surface area is 155 Å². The lowest BCUT2D eigenvalue weighted by atomic mass is 9.90. The number of unbranched alkanes of at least 4 members (excludes halogenated alkanes) is 1. The van der Waals surface area contributed by atoms with Gasteiger partial charge in [0.25, 0.3) is 5.56 Å². The summed E-state index contributed by atoms with van der Waals surface area (Å²) in [4.78, 5) is 26.2. The first kappa shape index (κ1) is 18.4. The molecule has 0 radical (unpaired) electrons. The Morgan fingerprint density at radius 3 is 2.50 bits per heavy atom. The van der Waals surface area contributed by atoms with Crippen LogP contribution in [-0.4, -0.2) is 28.5 Å². The first-order valence-electron chi connectivity index (χ1n) is 9.62. The summed E-state index contributed by atoms with van der Waals surface area (Å²) < 4.78 is 1.59. The largest absolute Gasteiger partial charge is 0.343 e. The van der Waals surface area contributed by atoms with Gasteiger partial charge in [-0.25, -0.2) is 0 Å². The molecule has 1 aliphatic heterocycles. The van der Waals surface area contributed by atoms with Crippen LogP contribution in [-0.2, 0) is 18.3 Å². The van der Waals surface area contributed by atoms with E-state index in [2.05, 4.69) is 24.3 Å². The molecule has 0 bridgehead atoms. The average Bonchev–Trinajstić information content (AvgIpc) is 2.68. The molecule has 0 N–H and O–H groups in total. The van der Waals surface area contributed by atoms with Crippen molar-refractivity contribution < 1.29 is 4.79 Å². The average molecular weight is 352 g/mol. The van der Waals surface area contributed by atoms with Gasteiger partial charge in [-0.1, -0.05) is 30.3 Å². The number of amides is 1. The zero-order chi connectivity index (χ0) is 18.4. The number of hydrogen-bond acceptors (Lipinski definition) is 2. The summed E-state index contributed by atoms with van der Waals surface area (Å²) in [6.07, 6.45) is 7.41. The molecule has 2 heterocycles. The molecule has 26 heavy (non-hydrogen) atoms. The number of rotatable bonds is 6. The van der Waals surface area contributed by atoms with Crippen LogP contribution in [0, 0.1) is 0 Å². The number of nitrogens with zero attached hydrogens (tertiary/aromatic N) is 2. The topological polar surface area (TPSA) is 42.3 Å². The summed E-state index contributed by atoms with van der Waals surface area (Å²) in [7, 11) is 1.77. The Morgan fingerprint density at radius 1 is 1.08 bits per heavy atom. The minimum atomic E-state index is 0.0411. The molecule has 4 heteroatoms. The Morgan fingerprint density at radius 2 is 1.81 bits per heavy atom. The van der Waals surface area contributed by atoms with Crippen molar-refractivity contribution in [1.82, 2.24) is 9.47 Å². The van der Waals surface area contributed by atoms with Crippen LogP contribution in [0.4, 0.5) is 0 Å². The highest BCUT2D eigenvalue weighted by Crippen LogP contribution is 2.27. The second kappa shape index (κ2) is 8.84. The molecular formula is C22H28N2O2. The van der Waals surface area contributed by atoms with Gasteiger partial charge in [0.05, 0.1) is 0 Å². The fraction of sp³-hybridized carbons (Fsp3) is 0.455. The van der Waals surface area contributed by atoms with E-state index in [0.29, 0.717) is 12.3 Å². The maximum Gasteiger partial charge on any atom is 0.250 e. The lowest BCUT2D eigenvalue weighted by Crippen LogP contribution is -2.38. The summed E-state index contributed by atoms with van der Waals surface area (Å²) in [6, 6.07) is 14.2. The van der Waals surface area contributed by atoms with E-state index in [1.807, 2.05) is 23.2 Å². The second-order valence-electron chi connectivity index (χ2n) is 7.26. The monoisotopic (exact) mass is 352 g/mol. The minimum Gasteiger partial charge on any atom is -0.343 e. The van der Waals surface area contributed by atoms with Crippen LogP contribution in [0.1, 0.15) is 49.1 Å². The summed E-state index contributed by atoms with van der Waals surface area (Å²) in [6.45, 7) is 1.61. The quantitative estimate of drug-likeness (QED) is 0.747. The van der Waals surface area contributed by atoms with Gasteiger partial charge in [-0.3, -0.25) is 9.59 Å². The highest BCUT2D eigenvalue weighted by atomic mass is 16.2. The molecule has 138 valence electrons. The summed E-state index contributed by atoms with van der Waals surface area (Å²) in [5.41, 5.74) is 2.50. The van der Waals surface area contributed by atoms with Crippen molar-refractivity contribution in [3.63, 3.8) is 0 Å². The van der Waals surface area contributed by atoms with Crippen LogP contribution in [0.3, 0.4) is 0 Å². The first-order chi connectivity index (χ1) is 12.6. The van der Waals surface area contributed by atoms with Gasteiger partial charge in [-0.2, -0.15) is 0 Å². The third kappa shape index (κ3) is 4.84. The molecule has 0 saturated carbocycles. The highest BCUT2D eigenvalue weighted by Gasteiger charge is 2.23. The number of piperidine rings is 1. The van der Waals surface area contributed by atoms with Gasteiger partial charge in [0.15, 0.2) is 0 Å². The standard InChI is InChI=1S/C22H28N2O2/c1-23-14-11-20(17-22(23)26)19-12-15-24(16-13-19)21(25)10-6-5-9-18-7-3-2-4-8-18/h2-4,7-8,11,14,17,19H,5-6,9-10,12-13,15-16H2,1H3. The Bertz CT molecular complexity index is 774. The van der Waals surface area contributed by atoms with Crippen molar-refractivity contribution in [2.45, 2.75) is 44.4 Å². The van der Waals surface area contributed by atoms with E-state index in [4.69, 9.17) is 0 Å². The smallest absolute Gasteiger partial charge is 0.250 e. The fourth-order valence-corrected chi connectivity index (χ4v) is 3.69. The number of hydrogen-bond donors (Lipinski definition) is 0. The van der Waals surface area contributed by atoms with E-state index < -0.39 is 0 Å².